The van der Waals surface area contributed by atoms with Crippen molar-refractivity contribution >= 4 is 11.6 Å². The molecule has 0 bridgehead atoms. The number of hydrogen-bond acceptors (Lipinski definition) is 3. The molecule has 4 heteroatoms. The van der Waals surface area contributed by atoms with Crippen LogP contribution >= 0.6 is 11.6 Å². The van der Waals surface area contributed by atoms with Crippen LogP contribution in [0.15, 0.2) is 36.4 Å². The predicted octanol–water partition coefficient (Wildman–Crippen LogP) is 4.30. The zero-order chi connectivity index (χ0) is 15.4. The van der Waals surface area contributed by atoms with E-state index >= 15 is 0 Å². The molecule has 112 valence electrons. The first-order valence-corrected chi connectivity index (χ1v) is 7.17. The Bertz CT molecular complexity index is 628. The van der Waals surface area contributed by atoms with Crippen LogP contribution in [0.1, 0.15) is 18.5 Å². The molecule has 2 aromatic carbocycles. The summed E-state index contributed by atoms with van der Waals surface area (Å²) in [5.74, 6) is 1.58. The highest BCUT2D eigenvalue weighted by atomic mass is 35.5. The minimum Gasteiger partial charge on any atom is -0.497 e. The molecule has 0 aromatic heterocycles. The van der Waals surface area contributed by atoms with Crippen LogP contribution < -0.4 is 14.8 Å². The summed E-state index contributed by atoms with van der Waals surface area (Å²) in [5, 5.41) is 3.93. The molecule has 0 fully saturated rings. The first-order valence-electron chi connectivity index (χ1n) is 6.79. The van der Waals surface area contributed by atoms with E-state index in [9.17, 15) is 0 Å². The van der Waals surface area contributed by atoms with Crippen molar-refractivity contribution < 1.29 is 9.47 Å². The number of hydrogen-bond donors (Lipinski definition) is 1. The molecule has 1 unspecified atom stereocenters. The van der Waals surface area contributed by atoms with Gasteiger partial charge in [-0.15, -0.1) is 0 Å². The second-order valence-corrected chi connectivity index (χ2v) is 5.22. The van der Waals surface area contributed by atoms with Gasteiger partial charge in [-0.25, -0.2) is 0 Å². The first kappa shape index (κ1) is 15.7. The second kappa shape index (κ2) is 6.83. The zero-order valence-corrected chi connectivity index (χ0v) is 13.5. The third-order valence-corrected chi connectivity index (χ3v) is 3.94. The predicted molar refractivity (Wildman–Crippen MR) is 87.5 cm³/mol. The average molecular weight is 306 g/mol. The van der Waals surface area contributed by atoms with E-state index in [4.69, 9.17) is 21.1 Å². The van der Waals surface area contributed by atoms with E-state index in [0.29, 0.717) is 0 Å². The Morgan fingerprint density at radius 3 is 2.38 bits per heavy atom. The molecular formula is C17H20ClNO2. The van der Waals surface area contributed by atoms with Gasteiger partial charge in [-0.2, -0.15) is 0 Å². The van der Waals surface area contributed by atoms with Gasteiger partial charge in [0.15, 0.2) is 0 Å². The minimum atomic E-state index is 0.207. The average Bonchev–Trinajstić information content (AvgIpc) is 2.53. The summed E-state index contributed by atoms with van der Waals surface area (Å²) in [4.78, 5) is 0. The highest BCUT2D eigenvalue weighted by Crippen LogP contribution is 2.36. The van der Waals surface area contributed by atoms with Crippen molar-refractivity contribution in [2.45, 2.75) is 13.0 Å². The number of nitrogens with one attached hydrogen (secondary N) is 1. The minimum absolute atomic E-state index is 0.207. The van der Waals surface area contributed by atoms with Crippen LogP contribution in [-0.4, -0.2) is 21.3 Å². The Hall–Kier alpha value is -1.71. The molecule has 0 aliphatic rings. The van der Waals surface area contributed by atoms with Gasteiger partial charge in [0.1, 0.15) is 11.5 Å². The summed E-state index contributed by atoms with van der Waals surface area (Å²) in [6.45, 7) is 2.08. The van der Waals surface area contributed by atoms with Gasteiger partial charge in [0.2, 0.25) is 0 Å². The summed E-state index contributed by atoms with van der Waals surface area (Å²) in [6.07, 6.45) is 0. The van der Waals surface area contributed by atoms with E-state index in [1.807, 2.05) is 43.4 Å². The van der Waals surface area contributed by atoms with Gasteiger partial charge in [-0.1, -0.05) is 23.7 Å². The molecular weight excluding hydrogens is 286 g/mol. The molecule has 0 amide bonds. The summed E-state index contributed by atoms with van der Waals surface area (Å²) < 4.78 is 10.7. The normalized spacial score (nSPS) is 12.0. The maximum absolute atomic E-state index is 6.41. The Morgan fingerprint density at radius 2 is 1.81 bits per heavy atom. The Morgan fingerprint density at radius 1 is 1.05 bits per heavy atom. The van der Waals surface area contributed by atoms with Crippen molar-refractivity contribution in [3.63, 3.8) is 0 Å². The SMILES string of the molecule is CNC(C)c1ccc(-c2cc(OC)ccc2OC)cc1Cl. The van der Waals surface area contributed by atoms with Crippen molar-refractivity contribution in [2.24, 2.45) is 0 Å². The van der Waals surface area contributed by atoms with Crippen LogP contribution in [0.4, 0.5) is 0 Å². The molecule has 1 atom stereocenters. The molecule has 0 aliphatic heterocycles. The second-order valence-electron chi connectivity index (χ2n) is 4.81. The van der Waals surface area contributed by atoms with Crippen molar-refractivity contribution in [1.82, 2.24) is 5.32 Å². The van der Waals surface area contributed by atoms with Gasteiger partial charge in [-0.05, 0) is 49.4 Å². The van der Waals surface area contributed by atoms with Gasteiger partial charge in [0.05, 0.1) is 14.2 Å². The lowest BCUT2D eigenvalue weighted by Gasteiger charge is -2.15. The maximum atomic E-state index is 6.41. The largest absolute Gasteiger partial charge is 0.497 e. The molecule has 1 N–H and O–H groups in total. The maximum Gasteiger partial charge on any atom is 0.126 e. The van der Waals surface area contributed by atoms with Crippen LogP contribution in [0.2, 0.25) is 5.02 Å². The van der Waals surface area contributed by atoms with E-state index in [1.165, 1.54) is 0 Å². The molecule has 21 heavy (non-hydrogen) atoms. The van der Waals surface area contributed by atoms with E-state index in [-0.39, 0.29) is 6.04 Å². The monoisotopic (exact) mass is 305 g/mol. The molecule has 0 spiro atoms. The molecule has 0 heterocycles. The lowest BCUT2D eigenvalue weighted by atomic mass is 10.00. The summed E-state index contributed by atoms with van der Waals surface area (Å²) >= 11 is 6.41. The highest BCUT2D eigenvalue weighted by molar-refractivity contribution is 6.31. The van der Waals surface area contributed by atoms with Crippen molar-refractivity contribution in [1.29, 1.82) is 0 Å². The Kier molecular flexibility index (Phi) is 5.10. The molecule has 0 saturated heterocycles. The topological polar surface area (TPSA) is 30.5 Å². The van der Waals surface area contributed by atoms with Crippen LogP contribution in [0.3, 0.4) is 0 Å². The molecule has 2 rings (SSSR count). The fraction of sp³-hybridized carbons (Fsp3) is 0.294. The standard InChI is InChI=1S/C17H20ClNO2/c1-11(19-2)14-7-5-12(9-16(14)18)15-10-13(20-3)6-8-17(15)21-4/h5-11,19H,1-4H3. The quantitative estimate of drug-likeness (QED) is 0.893. The van der Waals surface area contributed by atoms with E-state index in [2.05, 4.69) is 12.2 Å². The van der Waals surface area contributed by atoms with E-state index < -0.39 is 0 Å². The van der Waals surface area contributed by atoms with Gasteiger partial charge in [0, 0.05) is 16.6 Å². The highest BCUT2D eigenvalue weighted by Gasteiger charge is 2.12. The lowest BCUT2D eigenvalue weighted by Crippen LogP contribution is -2.12. The molecule has 0 saturated carbocycles. The first-order chi connectivity index (χ1) is 10.1. The van der Waals surface area contributed by atoms with Gasteiger partial charge in [-0.3, -0.25) is 0 Å². The summed E-state index contributed by atoms with van der Waals surface area (Å²) in [6, 6.07) is 12.0. The molecule has 0 aliphatic carbocycles. The smallest absolute Gasteiger partial charge is 0.126 e. The van der Waals surface area contributed by atoms with Crippen LogP contribution in [0, 0.1) is 0 Å². The van der Waals surface area contributed by atoms with Crippen molar-refractivity contribution in [2.75, 3.05) is 21.3 Å². The number of benzene rings is 2. The van der Waals surface area contributed by atoms with Gasteiger partial charge >= 0.3 is 0 Å². The summed E-state index contributed by atoms with van der Waals surface area (Å²) in [7, 11) is 5.22. The third kappa shape index (κ3) is 3.31. The number of methoxy groups -OCH3 is 2. The Balaban J connectivity index is 2.49. The Labute approximate surface area is 130 Å². The van der Waals surface area contributed by atoms with Crippen molar-refractivity contribution in [3.05, 3.63) is 47.0 Å². The van der Waals surface area contributed by atoms with Crippen LogP contribution in [0.25, 0.3) is 11.1 Å². The molecule has 3 nitrogen and oxygen atoms in total. The van der Waals surface area contributed by atoms with Gasteiger partial charge in [0.25, 0.3) is 0 Å². The zero-order valence-electron chi connectivity index (χ0n) is 12.7. The van der Waals surface area contributed by atoms with E-state index in [1.54, 1.807) is 14.2 Å². The van der Waals surface area contributed by atoms with Crippen LogP contribution in [-0.2, 0) is 0 Å². The third-order valence-electron chi connectivity index (χ3n) is 3.62. The number of rotatable bonds is 5. The molecule has 2 aromatic rings. The number of ether oxygens (including phenoxy) is 2. The lowest BCUT2D eigenvalue weighted by molar-refractivity contribution is 0.404. The van der Waals surface area contributed by atoms with E-state index in [0.717, 1.165) is 33.2 Å². The van der Waals surface area contributed by atoms with Crippen LogP contribution in [0.5, 0.6) is 11.5 Å². The number of halogens is 1. The fourth-order valence-electron chi connectivity index (χ4n) is 2.24. The van der Waals surface area contributed by atoms with Gasteiger partial charge < -0.3 is 14.8 Å². The summed E-state index contributed by atoms with van der Waals surface area (Å²) in [5.41, 5.74) is 3.04. The van der Waals surface area contributed by atoms with Crippen molar-refractivity contribution in [3.8, 4) is 22.6 Å². The molecule has 0 radical (unpaired) electrons. The fourth-order valence-corrected chi connectivity index (χ4v) is 2.59.